The number of nitriles is 1. The number of fused-ring (bicyclic) bond motifs is 2. The van der Waals surface area contributed by atoms with Crippen LogP contribution < -0.4 is 5.63 Å². The summed E-state index contributed by atoms with van der Waals surface area (Å²) in [5.41, 5.74) is 1.50. The van der Waals surface area contributed by atoms with Crippen molar-refractivity contribution in [2.45, 2.75) is 0 Å². The quantitative estimate of drug-likeness (QED) is 0.488. The first kappa shape index (κ1) is 14.9. The molecule has 0 radical (unpaired) electrons. The van der Waals surface area contributed by atoms with Crippen LogP contribution in [0, 0.1) is 11.3 Å². The van der Waals surface area contributed by atoms with E-state index in [1.54, 1.807) is 12.1 Å². The fourth-order valence-electron chi connectivity index (χ4n) is 3.02. The standard InChI is InChI=1S/C22H13NO2/c23-14-20-18(19-10-3-4-11-21(19)25-22(20)24)13-12-16-8-5-7-15-6-1-2-9-17(15)16/h1-13H/b13-12+. The van der Waals surface area contributed by atoms with Gasteiger partial charge in [0.15, 0.2) is 0 Å². The zero-order valence-electron chi connectivity index (χ0n) is 13.3. The first-order valence-electron chi connectivity index (χ1n) is 7.90. The molecule has 3 heteroatoms. The zero-order valence-corrected chi connectivity index (χ0v) is 13.3. The van der Waals surface area contributed by atoms with Gasteiger partial charge in [-0.1, -0.05) is 72.8 Å². The van der Waals surface area contributed by atoms with E-state index in [9.17, 15) is 10.1 Å². The number of rotatable bonds is 2. The van der Waals surface area contributed by atoms with Crippen molar-refractivity contribution in [1.82, 2.24) is 0 Å². The minimum absolute atomic E-state index is 0.0233. The Kier molecular flexibility index (Phi) is 3.64. The van der Waals surface area contributed by atoms with E-state index in [1.165, 1.54) is 0 Å². The predicted molar refractivity (Wildman–Crippen MR) is 100 cm³/mol. The lowest BCUT2D eigenvalue weighted by Crippen LogP contribution is -2.06. The van der Waals surface area contributed by atoms with Crippen LogP contribution in [0.25, 0.3) is 33.9 Å². The van der Waals surface area contributed by atoms with E-state index in [0.717, 1.165) is 21.7 Å². The van der Waals surface area contributed by atoms with E-state index < -0.39 is 5.63 Å². The molecule has 0 fully saturated rings. The van der Waals surface area contributed by atoms with Gasteiger partial charge in [0, 0.05) is 10.9 Å². The van der Waals surface area contributed by atoms with Crippen molar-refractivity contribution in [2.75, 3.05) is 0 Å². The largest absolute Gasteiger partial charge is 0.422 e. The van der Waals surface area contributed by atoms with Gasteiger partial charge >= 0.3 is 5.63 Å². The van der Waals surface area contributed by atoms with Crippen LogP contribution in [0.5, 0.6) is 0 Å². The Hall–Kier alpha value is -3.64. The minimum Gasteiger partial charge on any atom is -0.422 e. The summed E-state index contributed by atoms with van der Waals surface area (Å²) in [4.78, 5) is 12.1. The minimum atomic E-state index is -0.612. The molecular weight excluding hydrogens is 310 g/mol. The average Bonchev–Trinajstić information content (AvgIpc) is 2.65. The van der Waals surface area contributed by atoms with Crippen LogP contribution in [-0.2, 0) is 0 Å². The van der Waals surface area contributed by atoms with Crippen LogP contribution in [0.4, 0.5) is 0 Å². The molecule has 0 aliphatic carbocycles. The monoisotopic (exact) mass is 323 g/mol. The van der Waals surface area contributed by atoms with Gasteiger partial charge in [-0.05, 0) is 22.4 Å². The third-order valence-corrected chi connectivity index (χ3v) is 4.22. The van der Waals surface area contributed by atoms with Crippen molar-refractivity contribution >= 4 is 33.9 Å². The Labute approximate surface area is 144 Å². The molecule has 1 heterocycles. The second-order valence-electron chi connectivity index (χ2n) is 5.69. The molecule has 25 heavy (non-hydrogen) atoms. The molecule has 0 amide bonds. The second-order valence-corrected chi connectivity index (χ2v) is 5.69. The highest BCUT2D eigenvalue weighted by Crippen LogP contribution is 2.24. The van der Waals surface area contributed by atoms with Gasteiger partial charge in [-0.3, -0.25) is 0 Å². The summed E-state index contributed by atoms with van der Waals surface area (Å²) in [5, 5.41) is 12.4. The van der Waals surface area contributed by atoms with Crippen molar-refractivity contribution in [3.8, 4) is 6.07 Å². The summed E-state index contributed by atoms with van der Waals surface area (Å²) in [6, 6.07) is 23.4. The molecule has 3 nitrogen and oxygen atoms in total. The summed E-state index contributed by atoms with van der Waals surface area (Å²) >= 11 is 0. The number of para-hydroxylation sites is 1. The van der Waals surface area contributed by atoms with Gasteiger partial charge in [0.05, 0.1) is 0 Å². The summed E-state index contributed by atoms with van der Waals surface area (Å²) < 4.78 is 5.23. The van der Waals surface area contributed by atoms with Crippen LogP contribution in [0.15, 0.2) is 75.9 Å². The molecule has 0 saturated carbocycles. The molecule has 3 aromatic carbocycles. The molecule has 118 valence electrons. The molecule has 0 bridgehead atoms. The molecule has 0 spiro atoms. The van der Waals surface area contributed by atoms with Crippen LogP contribution in [0.3, 0.4) is 0 Å². The van der Waals surface area contributed by atoms with Crippen molar-refractivity contribution in [1.29, 1.82) is 5.26 Å². The highest BCUT2D eigenvalue weighted by molar-refractivity contribution is 5.96. The molecule has 4 aromatic rings. The molecule has 0 saturated heterocycles. The van der Waals surface area contributed by atoms with Gasteiger partial charge in [0.2, 0.25) is 0 Å². The molecular formula is C22H13NO2. The predicted octanol–water partition coefficient (Wildman–Crippen LogP) is 4.99. The zero-order chi connectivity index (χ0) is 17.2. The normalized spacial score (nSPS) is 11.2. The average molecular weight is 323 g/mol. The molecule has 0 aliphatic heterocycles. The number of hydrogen-bond acceptors (Lipinski definition) is 3. The lowest BCUT2D eigenvalue weighted by Gasteiger charge is -2.04. The molecule has 0 aliphatic rings. The summed E-state index contributed by atoms with van der Waals surface area (Å²) in [7, 11) is 0. The Morgan fingerprint density at radius 3 is 2.40 bits per heavy atom. The fourth-order valence-corrected chi connectivity index (χ4v) is 3.02. The van der Waals surface area contributed by atoms with E-state index in [-0.39, 0.29) is 5.56 Å². The van der Waals surface area contributed by atoms with E-state index in [4.69, 9.17) is 4.42 Å². The lowest BCUT2D eigenvalue weighted by molar-refractivity contribution is 0.558. The van der Waals surface area contributed by atoms with Gasteiger partial charge in [0.25, 0.3) is 0 Å². The summed E-state index contributed by atoms with van der Waals surface area (Å²) in [6.45, 7) is 0. The Balaban J connectivity index is 1.95. The molecule has 0 atom stereocenters. The Morgan fingerprint density at radius 1 is 0.840 bits per heavy atom. The van der Waals surface area contributed by atoms with Gasteiger partial charge < -0.3 is 4.42 Å². The van der Waals surface area contributed by atoms with Crippen molar-refractivity contribution in [2.24, 2.45) is 0 Å². The first-order chi connectivity index (χ1) is 12.3. The van der Waals surface area contributed by atoms with Crippen molar-refractivity contribution in [3.05, 3.63) is 93.8 Å². The summed E-state index contributed by atoms with van der Waals surface area (Å²) in [6.07, 6.45) is 3.75. The van der Waals surface area contributed by atoms with Gasteiger partial charge in [0.1, 0.15) is 17.2 Å². The maximum atomic E-state index is 12.1. The van der Waals surface area contributed by atoms with Crippen molar-refractivity contribution in [3.63, 3.8) is 0 Å². The summed E-state index contributed by atoms with van der Waals surface area (Å²) in [5.74, 6) is 0. The van der Waals surface area contributed by atoms with Crippen molar-refractivity contribution < 1.29 is 4.42 Å². The third kappa shape index (κ3) is 2.60. The Morgan fingerprint density at radius 2 is 1.56 bits per heavy atom. The number of benzene rings is 3. The highest BCUT2D eigenvalue weighted by atomic mass is 16.4. The molecule has 0 unspecified atom stereocenters. The third-order valence-electron chi connectivity index (χ3n) is 4.22. The fraction of sp³-hybridized carbons (Fsp3) is 0. The maximum Gasteiger partial charge on any atom is 0.354 e. The second kappa shape index (κ2) is 6.10. The van der Waals surface area contributed by atoms with Crippen LogP contribution in [0.2, 0.25) is 0 Å². The lowest BCUT2D eigenvalue weighted by atomic mass is 10.0. The highest BCUT2D eigenvalue weighted by Gasteiger charge is 2.11. The van der Waals surface area contributed by atoms with E-state index in [2.05, 4.69) is 18.2 Å². The molecule has 1 aromatic heterocycles. The van der Waals surface area contributed by atoms with Gasteiger partial charge in [-0.25, -0.2) is 4.79 Å². The van der Waals surface area contributed by atoms with Crippen LogP contribution >= 0.6 is 0 Å². The van der Waals surface area contributed by atoms with E-state index in [1.807, 2.05) is 54.6 Å². The molecule has 0 N–H and O–H groups in total. The number of nitrogens with zero attached hydrogens (tertiary/aromatic N) is 1. The molecule has 4 rings (SSSR count). The topological polar surface area (TPSA) is 54.0 Å². The maximum absolute atomic E-state index is 12.1. The van der Waals surface area contributed by atoms with Crippen LogP contribution in [0.1, 0.15) is 16.7 Å². The van der Waals surface area contributed by atoms with Gasteiger partial charge in [-0.15, -0.1) is 0 Å². The number of hydrogen-bond donors (Lipinski definition) is 0. The smallest absolute Gasteiger partial charge is 0.354 e. The van der Waals surface area contributed by atoms with E-state index >= 15 is 0 Å². The van der Waals surface area contributed by atoms with E-state index in [0.29, 0.717) is 11.1 Å². The first-order valence-corrected chi connectivity index (χ1v) is 7.90. The van der Waals surface area contributed by atoms with Crippen LogP contribution in [-0.4, -0.2) is 0 Å². The SMILES string of the molecule is N#Cc1c(/C=C/c2cccc3ccccc23)c2ccccc2oc1=O. The Bertz CT molecular complexity index is 1220. The van der Waals surface area contributed by atoms with Gasteiger partial charge in [-0.2, -0.15) is 5.26 Å².